The van der Waals surface area contributed by atoms with Crippen LogP contribution in [0, 0.1) is 12.3 Å². The standard InChI is InChI=1S/C32H32ClN3O6/c1-4-22-10-15-27(26(33)20-22)34-30(37)29(21(2)23-8-6-5-7-9-23)36-31(38)28(35-32(36)39)24-11-13-25(14-12-24)42-19-18-41-17-16-40-3/h1,5-15,20-21,28-29H,16-19H2,2-3H3,(H,34,37)(H,35,39)/t21-,28+,29?/m0/s1. The summed E-state index contributed by atoms with van der Waals surface area (Å²) in [6.07, 6.45) is 5.45. The Morgan fingerprint density at radius 1 is 1.05 bits per heavy atom. The number of nitrogens with one attached hydrogen (secondary N) is 2. The summed E-state index contributed by atoms with van der Waals surface area (Å²) in [7, 11) is 1.61. The van der Waals surface area contributed by atoms with E-state index in [0.717, 1.165) is 10.5 Å². The van der Waals surface area contributed by atoms with Gasteiger partial charge in [-0.05, 0) is 41.5 Å². The number of benzene rings is 3. The lowest BCUT2D eigenvalue weighted by Crippen LogP contribution is -2.50. The lowest BCUT2D eigenvalue weighted by Gasteiger charge is -2.30. The van der Waals surface area contributed by atoms with Gasteiger partial charge in [-0.25, -0.2) is 9.69 Å². The van der Waals surface area contributed by atoms with Gasteiger partial charge in [0, 0.05) is 18.6 Å². The number of urea groups is 1. The molecule has 4 rings (SSSR count). The van der Waals surface area contributed by atoms with Crippen molar-refractivity contribution in [1.82, 2.24) is 10.2 Å². The van der Waals surface area contributed by atoms with Crippen LogP contribution in [-0.4, -0.2) is 62.3 Å². The van der Waals surface area contributed by atoms with Crippen LogP contribution in [0.4, 0.5) is 10.5 Å². The Balaban J connectivity index is 1.53. The smallest absolute Gasteiger partial charge is 0.325 e. The molecule has 3 aromatic rings. The summed E-state index contributed by atoms with van der Waals surface area (Å²) in [6.45, 7) is 3.53. The second-order valence-corrected chi connectivity index (χ2v) is 9.99. The number of ether oxygens (including phenoxy) is 3. The molecule has 2 N–H and O–H groups in total. The largest absolute Gasteiger partial charge is 0.491 e. The molecule has 0 bridgehead atoms. The molecular weight excluding hydrogens is 558 g/mol. The van der Waals surface area contributed by atoms with Crippen LogP contribution < -0.4 is 15.4 Å². The van der Waals surface area contributed by atoms with Crippen LogP contribution in [0.25, 0.3) is 0 Å². The van der Waals surface area contributed by atoms with Crippen molar-refractivity contribution in [1.29, 1.82) is 0 Å². The first-order valence-electron chi connectivity index (χ1n) is 13.4. The number of anilines is 1. The minimum Gasteiger partial charge on any atom is -0.491 e. The van der Waals surface area contributed by atoms with Gasteiger partial charge in [0.25, 0.3) is 5.91 Å². The highest BCUT2D eigenvalue weighted by Crippen LogP contribution is 2.32. The van der Waals surface area contributed by atoms with Crippen molar-refractivity contribution < 1.29 is 28.6 Å². The van der Waals surface area contributed by atoms with Crippen molar-refractivity contribution in [2.24, 2.45) is 0 Å². The van der Waals surface area contributed by atoms with Crippen molar-refractivity contribution in [3.8, 4) is 18.1 Å². The molecule has 1 saturated heterocycles. The van der Waals surface area contributed by atoms with Crippen molar-refractivity contribution in [3.63, 3.8) is 0 Å². The Morgan fingerprint density at radius 2 is 1.76 bits per heavy atom. The highest BCUT2D eigenvalue weighted by Gasteiger charge is 2.47. The maximum Gasteiger partial charge on any atom is 0.325 e. The first kappa shape index (κ1) is 30.6. The van der Waals surface area contributed by atoms with Gasteiger partial charge in [0.15, 0.2) is 0 Å². The zero-order valence-corrected chi connectivity index (χ0v) is 24.1. The molecule has 9 nitrogen and oxygen atoms in total. The molecule has 1 aliphatic rings. The minimum atomic E-state index is -1.17. The van der Waals surface area contributed by atoms with E-state index in [1.807, 2.05) is 30.3 Å². The van der Waals surface area contributed by atoms with Crippen LogP contribution in [0.15, 0.2) is 72.8 Å². The zero-order chi connectivity index (χ0) is 30.1. The molecule has 3 aromatic carbocycles. The normalized spacial score (nSPS) is 16.0. The Hall–Kier alpha value is -4.36. The molecule has 1 unspecified atom stereocenters. The number of hydrogen-bond donors (Lipinski definition) is 2. The highest BCUT2D eigenvalue weighted by atomic mass is 35.5. The van der Waals surface area contributed by atoms with Crippen molar-refractivity contribution >= 4 is 35.1 Å². The van der Waals surface area contributed by atoms with Gasteiger partial charge in [-0.15, -0.1) is 6.42 Å². The number of carbonyl (C=O) groups excluding carboxylic acids is 3. The van der Waals surface area contributed by atoms with E-state index in [1.54, 1.807) is 56.5 Å². The number of methoxy groups -OCH3 is 1. The number of hydrogen-bond acceptors (Lipinski definition) is 6. The molecule has 218 valence electrons. The average Bonchev–Trinajstić information content (AvgIpc) is 3.29. The van der Waals surface area contributed by atoms with E-state index in [4.69, 9.17) is 32.2 Å². The average molecular weight is 590 g/mol. The van der Waals surface area contributed by atoms with E-state index in [-0.39, 0.29) is 5.02 Å². The summed E-state index contributed by atoms with van der Waals surface area (Å²) in [5.41, 5.74) is 2.20. The van der Waals surface area contributed by atoms with Crippen LogP contribution in [0.3, 0.4) is 0 Å². The van der Waals surface area contributed by atoms with Crippen LogP contribution in [0.5, 0.6) is 5.75 Å². The first-order valence-corrected chi connectivity index (χ1v) is 13.8. The molecule has 3 atom stereocenters. The highest BCUT2D eigenvalue weighted by molar-refractivity contribution is 6.34. The Bertz CT molecular complexity index is 1440. The molecule has 0 radical (unpaired) electrons. The van der Waals surface area contributed by atoms with Crippen molar-refractivity contribution in [2.75, 3.05) is 38.9 Å². The van der Waals surface area contributed by atoms with E-state index >= 15 is 0 Å². The number of amides is 4. The molecular formula is C32H32ClN3O6. The monoisotopic (exact) mass is 589 g/mol. The van der Waals surface area contributed by atoms with E-state index in [9.17, 15) is 14.4 Å². The molecule has 42 heavy (non-hydrogen) atoms. The van der Waals surface area contributed by atoms with Crippen molar-refractivity contribution in [3.05, 3.63) is 94.5 Å². The van der Waals surface area contributed by atoms with Crippen molar-refractivity contribution in [2.45, 2.75) is 24.9 Å². The van der Waals surface area contributed by atoms with Gasteiger partial charge in [-0.3, -0.25) is 9.59 Å². The molecule has 1 aliphatic heterocycles. The van der Waals surface area contributed by atoms with Gasteiger partial charge in [0.05, 0.1) is 30.5 Å². The fourth-order valence-corrected chi connectivity index (χ4v) is 4.85. The summed E-state index contributed by atoms with van der Waals surface area (Å²) in [5.74, 6) is 1.43. The van der Waals surface area contributed by atoms with Crippen LogP contribution in [0.2, 0.25) is 5.02 Å². The molecule has 4 amide bonds. The van der Waals surface area contributed by atoms with Gasteiger partial charge in [0.2, 0.25) is 5.91 Å². The second-order valence-electron chi connectivity index (χ2n) is 9.59. The first-order chi connectivity index (χ1) is 20.3. The summed E-state index contributed by atoms with van der Waals surface area (Å²) in [5, 5.41) is 5.75. The summed E-state index contributed by atoms with van der Waals surface area (Å²) in [4.78, 5) is 41.8. The molecule has 0 aromatic heterocycles. The van der Waals surface area contributed by atoms with E-state index in [2.05, 4.69) is 16.6 Å². The van der Waals surface area contributed by atoms with E-state index in [1.165, 1.54) is 0 Å². The molecule has 10 heteroatoms. The number of rotatable bonds is 13. The van der Waals surface area contributed by atoms with Gasteiger partial charge < -0.3 is 24.8 Å². The summed E-state index contributed by atoms with van der Waals surface area (Å²) >= 11 is 6.35. The quantitative estimate of drug-likeness (QED) is 0.169. The summed E-state index contributed by atoms with van der Waals surface area (Å²) in [6, 6.07) is 18.0. The molecule has 1 fully saturated rings. The number of halogens is 1. The van der Waals surface area contributed by atoms with Gasteiger partial charge in [-0.2, -0.15) is 0 Å². The third kappa shape index (κ3) is 7.28. The fraction of sp³-hybridized carbons (Fsp3) is 0.281. The zero-order valence-electron chi connectivity index (χ0n) is 23.3. The summed E-state index contributed by atoms with van der Waals surface area (Å²) < 4.78 is 16.0. The third-order valence-electron chi connectivity index (χ3n) is 6.85. The Labute approximate surface area is 250 Å². The lowest BCUT2D eigenvalue weighted by molar-refractivity contribution is -0.134. The lowest BCUT2D eigenvalue weighted by atomic mass is 9.91. The van der Waals surface area contributed by atoms with Gasteiger partial charge in [-0.1, -0.05) is 66.9 Å². The maximum atomic E-state index is 13.8. The predicted molar refractivity (Wildman–Crippen MR) is 159 cm³/mol. The van der Waals surface area contributed by atoms with Gasteiger partial charge in [0.1, 0.15) is 24.4 Å². The Kier molecular flexibility index (Phi) is 10.6. The number of imide groups is 1. The topological polar surface area (TPSA) is 106 Å². The SMILES string of the molecule is C#Cc1ccc(NC(=O)C([C@@H](C)c2ccccc2)N2C(=O)N[C@H](c3ccc(OCCOCCOC)cc3)C2=O)c(Cl)c1. The number of carbonyl (C=O) groups is 3. The number of nitrogens with zero attached hydrogens (tertiary/aromatic N) is 1. The maximum absolute atomic E-state index is 13.8. The third-order valence-corrected chi connectivity index (χ3v) is 7.16. The van der Waals surface area contributed by atoms with Gasteiger partial charge >= 0.3 is 6.03 Å². The van der Waals surface area contributed by atoms with Crippen LogP contribution >= 0.6 is 11.6 Å². The number of terminal acetylenes is 1. The Morgan fingerprint density at radius 3 is 2.43 bits per heavy atom. The molecule has 0 aliphatic carbocycles. The van der Waals surface area contributed by atoms with E-state index < -0.39 is 35.8 Å². The van der Waals surface area contributed by atoms with Crippen LogP contribution in [-0.2, 0) is 19.1 Å². The van der Waals surface area contributed by atoms with E-state index in [0.29, 0.717) is 49.0 Å². The van der Waals surface area contributed by atoms with Crippen LogP contribution in [0.1, 0.15) is 35.6 Å². The molecule has 1 heterocycles. The molecule has 0 saturated carbocycles. The predicted octanol–water partition coefficient (Wildman–Crippen LogP) is 4.77. The minimum absolute atomic E-state index is 0.240. The fourth-order valence-electron chi connectivity index (χ4n) is 4.62. The molecule has 0 spiro atoms. The second kappa shape index (κ2) is 14.5.